The first-order valence-corrected chi connectivity index (χ1v) is 11.5. The van der Waals surface area contributed by atoms with Crippen LogP contribution in [-0.4, -0.2) is 20.4 Å². The fourth-order valence-electron chi connectivity index (χ4n) is 2.70. The summed E-state index contributed by atoms with van der Waals surface area (Å²) in [4.78, 5) is 12.5. The van der Waals surface area contributed by atoms with E-state index in [1.54, 1.807) is 18.2 Å². The Bertz CT molecular complexity index is 1200. The Kier molecular flexibility index (Phi) is 7.10. The second-order valence-corrected chi connectivity index (χ2v) is 9.37. The summed E-state index contributed by atoms with van der Waals surface area (Å²) in [6, 6.07) is 17.3. The topological polar surface area (TPSA) is 84.5 Å². The van der Waals surface area contributed by atoms with Crippen molar-refractivity contribution in [3.63, 3.8) is 0 Å². The van der Waals surface area contributed by atoms with Gasteiger partial charge in [0, 0.05) is 16.3 Å². The molecule has 0 saturated carbocycles. The van der Waals surface area contributed by atoms with Crippen LogP contribution in [0.2, 0.25) is 10.0 Å². The van der Waals surface area contributed by atoms with Crippen molar-refractivity contribution in [1.29, 1.82) is 0 Å². The fraction of sp³-hybridized carbons (Fsp3) is 0.136. The van der Waals surface area contributed by atoms with Crippen LogP contribution in [0.5, 0.6) is 5.75 Å². The number of nitrogens with one attached hydrogen (secondary N) is 2. The number of ether oxygens (including phenoxy) is 1. The number of halogens is 2. The molecule has 6 nitrogen and oxygen atoms in total. The molecule has 0 unspecified atom stereocenters. The van der Waals surface area contributed by atoms with Gasteiger partial charge in [-0.3, -0.25) is 9.52 Å². The standard InChI is InChI=1S/C22H20Cl2N2O4S/c1-14(2)30-20-6-4-3-5-19(20)25-22(27)15-7-10-17(11-8-15)26-31(28,29)21-13-16(23)9-12-18(21)24/h3-14,26H,1-2H3,(H,25,27). The molecular weight excluding hydrogens is 459 g/mol. The summed E-state index contributed by atoms with van der Waals surface area (Å²) in [7, 11) is -3.95. The van der Waals surface area contributed by atoms with Crippen LogP contribution in [0.3, 0.4) is 0 Å². The molecule has 0 aliphatic rings. The van der Waals surface area contributed by atoms with Gasteiger partial charge in [0.2, 0.25) is 0 Å². The van der Waals surface area contributed by atoms with Gasteiger partial charge >= 0.3 is 0 Å². The predicted octanol–water partition coefficient (Wildman–Crippen LogP) is 5.83. The number of para-hydroxylation sites is 2. The third-order valence-corrected chi connectivity index (χ3v) is 6.18. The monoisotopic (exact) mass is 478 g/mol. The zero-order valence-corrected chi connectivity index (χ0v) is 19.1. The highest BCUT2D eigenvalue weighted by atomic mass is 35.5. The molecule has 0 bridgehead atoms. The maximum absolute atomic E-state index is 12.6. The number of benzene rings is 3. The number of carbonyl (C=O) groups excluding carboxylic acids is 1. The lowest BCUT2D eigenvalue weighted by atomic mass is 10.2. The molecule has 0 fully saturated rings. The van der Waals surface area contributed by atoms with E-state index in [1.165, 1.54) is 42.5 Å². The lowest BCUT2D eigenvalue weighted by Crippen LogP contribution is -2.15. The highest BCUT2D eigenvalue weighted by Gasteiger charge is 2.19. The van der Waals surface area contributed by atoms with Gasteiger partial charge in [0.25, 0.3) is 15.9 Å². The number of carbonyl (C=O) groups is 1. The number of hydrogen-bond acceptors (Lipinski definition) is 4. The zero-order chi connectivity index (χ0) is 22.6. The van der Waals surface area contributed by atoms with E-state index in [0.717, 1.165) is 0 Å². The van der Waals surface area contributed by atoms with Crippen LogP contribution in [0.1, 0.15) is 24.2 Å². The van der Waals surface area contributed by atoms with Crippen molar-refractivity contribution in [3.8, 4) is 5.75 Å². The molecular formula is C22H20Cl2N2O4S. The SMILES string of the molecule is CC(C)Oc1ccccc1NC(=O)c1ccc(NS(=O)(=O)c2cc(Cl)ccc2Cl)cc1. The van der Waals surface area contributed by atoms with Crippen LogP contribution >= 0.6 is 23.2 Å². The predicted molar refractivity (Wildman–Crippen MR) is 124 cm³/mol. The number of sulfonamides is 1. The lowest BCUT2D eigenvalue weighted by Gasteiger charge is -2.15. The van der Waals surface area contributed by atoms with Crippen molar-refractivity contribution in [2.45, 2.75) is 24.8 Å². The van der Waals surface area contributed by atoms with E-state index >= 15 is 0 Å². The van der Waals surface area contributed by atoms with Crippen LogP contribution in [0, 0.1) is 0 Å². The van der Waals surface area contributed by atoms with E-state index < -0.39 is 10.0 Å². The molecule has 0 saturated heterocycles. The average molecular weight is 479 g/mol. The van der Waals surface area contributed by atoms with Crippen LogP contribution in [0.4, 0.5) is 11.4 Å². The molecule has 2 N–H and O–H groups in total. The highest BCUT2D eigenvalue weighted by Crippen LogP contribution is 2.28. The van der Waals surface area contributed by atoms with Gasteiger partial charge in [-0.1, -0.05) is 35.3 Å². The molecule has 0 heterocycles. The Morgan fingerprint density at radius 2 is 1.65 bits per heavy atom. The quantitative estimate of drug-likeness (QED) is 0.446. The lowest BCUT2D eigenvalue weighted by molar-refractivity contribution is 0.102. The Labute approximate surface area is 191 Å². The summed E-state index contributed by atoms with van der Waals surface area (Å²) in [5.41, 5.74) is 1.17. The summed E-state index contributed by atoms with van der Waals surface area (Å²) in [5, 5.41) is 3.10. The molecule has 0 aromatic heterocycles. The van der Waals surface area contributed by atoms with Crippen LogP contribution in [-0.2, 0) is 10.0 Å². The van der Waals surface area contributed by atoms with E-state index in [-0.39, 0.29) is 32.6 Å². The van der Waals surface area contributed by atoms with Crippen molar-refractivity contribution in [2.24, 2.45) is 0 Å². The van der Waals surface area contributed by atoms with Gasteiger partial charge < -0.3 is 10.1 Å². The molecule has 0 spiro atoms. The second kappa shape index (κ2) is 9.60. The van der Waals surface area contributed by atoms with Gasteiger partial charge in [-0.25, -0.2) is 8.42 Å². The third kappa shape index (κ3) is 5.91. The molecule has 9 heteroatoms. The summed E-state index contributed by atoms with van der Waals surface area (Å²) >= 11 is 11.9. The summed E-state index contributed by atoms with van der Waals surface area (Å²) < 4.78 is 33.4. The van der Waals surface area contributed by atoms with Crippen molar-refractivity contribution >= 4 is 50.5 Å². The van der Waals surface area contributed by atoms with Gasteiger partial charge in [-0.05, 0) is 68.4 Å². The zero-order valence-electron chi connectivity index (χ0n) is 16.7. The van der Waals surface area contributed by atoms with E-state index in [2.05, 4.69) is 10.0 Å². The molecule has 162 valence electrons. The molecule has 31 heavy (non-hydrogen) atoms. The van der Waals surface area contributed by atoms with Crippen molar-refractivity contribution in [1.82, 2.24) is 0 Å². The number of anilines is 2. The molecule has 3 aromatic rings. The molecule has 0 aliphatic heterocycles. The molecule has 0 aliphatic carbocycles. The Hall–Kier alpha value is -2.74. The van der Waals surface area contributed by atoms with Gasteiger partial charge in [0.1, 0.15) is 10.6 Å². The molecule has 3 aromatic carbocycles. The second-order valence-electron chi connectivity index (χ2n) is 6.87. The Balaban J connectivity index is 1.75. The normalized spacial score (nSPS) is 11.3. The summed E-state index contributed by atoms with van der Waals surface area (Å²) in [5.74, 6) is 0.209. The number of amides is 1. The minimum absolute atomic E-state index is 0.0432. The van der Waals surface area contributed by atoms with Gasteiger partial charge in [-0.15, -0.1) is 0 Å². The van der Waals surface area contributed by atoms with Gasteiger partial charge in [0.05, 0.1) is 16.8 Å². The average Bonchev–Trinajstić information content (AvgIpc) is 2.71. The van der Waals surface area contributed by atoms with Crippen molar-refractivity contribution < 1.29 is 17.9 Å². The van der Waals surface area contributed by atoms with Crippen molar-refractivity contribution in [3.05, 3.63) is 82.3 Å². The maximum Gasteiger partial charge on any atom is 0.263 e. The summed E-state index contributed by atoms with van der Waals surface area (Å²) in [6.07, 6.45) is -0.0432. The summed E-state index contributed by atoms with van der Waals surface area (Å²) in [6.45, 7) is 3.80. The van der Waals surface area contributed by atoms with Crippen LogP contribution < -0.4 is 14.8 Å². The first-order valence-electron chi connectivity index (χ1n) is 9.30. The minimum atomic E-state index is -3.95. The molecule has 0 radical (unpaired) electrons. The van der Waals surface area contributed by atoms with E-state index in [0.29, 0.717) is 17.0 Å². The van der Waals surface area contributed by atoms with Crippen LogP contribution in [0.25, 0.3) is 0 Å². The fourth-order valence-corrected chi connectivity index (χ4v) is 4.53. The molecule has 3 rings (SSSR count). The van der Waals surface area contributed by atoms with Crippen LogP contribution in [0.15, 0.2) is 71.6 Å². The largest absolute Gasteiger partial charge is 0.489 e. The van der Waals surface area contributed by atoms with E-state index in [1.807, 2.05) is 19.9 Å². The molecule has 0 atom stereocenters. The Morgan fingerprint density at radius 1 is 0.968 bits per heavy atom. The number of hydrogen-bond donors (Lipinski definition) is 2. The number of rotatable bonds is 7. The smallest absolute Gasteiger partial charge is 0.263 e. The first kappa shape index (κ1) is 22.9. The van der Waals surface area contributed by atoms with E-state index in [9.17, 15) is 13.2 Å². The highest BCUT2D eigenvalue weighted by molar-refractivity contribution is 7.92. The third-order valence-electron chi connectivity index (χ3n) is 4.08. The molecule has 1 amide bonds. The Morgan fingerprint density at radius 3 is 2.32 bits per heavy atom. The van der Waals surface area contributed by atoms with Gasteiger partial charge in [0.15, 0.2) is 0 Å². The minimum Gasteiger partial charge on any atom is -0.489 e. The van der Waals surface area contributed by atoms with Crippen molar-refractivity contribution in [2.75, 3.05) is 10.0 Å². The van der Waals surface area contributed by atoms with E-state index in [4.69, 9.17) is 27.9 Å². The first-order chi connectivity index (χ1) is 14.7. The maximum atomic E-state index is 12.6. The van der Waals surface area contributed by atoms with Gasteiger partial charge in [-0.2, -0.15) is 0 Å².